The van der Waals surface area contributed by atoms with Gasteiger partial charge in [0.2, 0.25) is 5.91 Å². The van der Waals surface area contributed by atoms with Crippen LogP contribution < -0.4 is 5.32 Å². The number of thiophene rings is 1. The topological polar surface area (TPSA) is 29.1 Å². The van der Waals surface area contributed by atoms with Crippen molar-refractivity contribution < 1.29 is 9.18 Å². The molecule has 1 heterocycles. The first-order valence-electron chi connectivity index (χ1n) is 7.72. The Balaban J connectivity index is 1.84. The van der Waals surface area contributed by atoms with Crippen LogP contribution in [0.5, 0.6) is 0 Å². The van der Waals surface area contributed by atoms with Gasteiger partial charge in [-0.25, -0.2) is 4.39 Å². The fourth-order valence-corrected chi connectivity index (χ4v) is 4.07. The van der Waals surface area contributed by atoms with E-state index in [1.807, 2.05) is 24.4 Å². The minimum Gasteiger partial charge on any atom is -0.348 e. The molecule has 2 nitrogen and oxygen atoms in total. The Labute approximate surface area is 134 Å². The maximum atomic E-state index is 13.2. The summed E-state index contributed by atoms with van der Waals surface area (Å²) < 4.78 is 13.2. The van der Waals surface area contributed by atoms with E-state index >= 15 is 0 Å². The number of benzene rings is 1. The molecular formula is C18H20FNOS. The summed E-state index contributed by atoms with van der Waals surface area (Å²) in [5.41, 5.74) is 0.432. The van der Waals surface area contributed by atoms with E-state index in [2.05, 4.69) is 5.32 Å². The molecule has 1 aliphatic rings. The monoisotopic (exact) mass is 317 g/mol. The van der Waals surface area contributed by atoms with E-state index < -0.39 is 5.41 Å². The lowest BCUT2D eigenvalue weighted by atomic mass is 9.78. The minimum atomic E-state index is -0.501. The number of carbonyl (C=O) groups is 1. The highest BCUT2D eigenvalue weighted by Gasteiger charge is 2.43. The Bertz CT molecular complexity index is 630. The Morgan fingerprint density at radius 1 is 1.23 bits per heavy atom. The van der Waals surface area contributed by atoms with Crippen molar-refractivity contribution in [1.29, 1.82) is 0 Å². The summed E-state index contributed by atoms with van der Waals surface area (Å²) in [5, 5.41) is 5.17. The van der Waals surface area contributed by atoms with Crippen LogP contribution in [-0.4, -0.2) is 5.91 Å². The third-order valence-corrected chi connectivity index (χ3v) is 5.66. The smallest absolute Gasteiger partial charge is 0.231 e. The summed E-state index contributed by atoms with van der Waals surface area (Å²) in [4.78, 5) is 14.1. The Kier molecular flexibility index (Phi) is 4.30. The van der Waals surface area contributed by atoms with Crippen molar-refractivity contribution in [3.63, 3.8) is 0 Å². The molecule has 1 atom stereocenters. The highest BCUT2D eigenvalue weighted by molar-refractivity contribution is 7.10. The largest absolute Gasteiger partial charge is 0.348 e. The second-order valence-electron chi connectivity index (χ2n) is 6.01. The van der Waals surface area contributed by atoms with Crippen molar-refractivity contribution in [2.24, 2.45) is 0 Å². The van der Waals surface area contributed by atoms with Crippen LogP contribution in [0.2, 0.25) is 0 Å². The van der Waals surface area contributed by atoms with Crippen LogP contribution in [-0.2, 0) is 10.2 Å². The lowest BCUT2D eigenvalue weighted by molar-refractivity contribution is -0.127. The van der Waals surface area contributed by atoms with Gasteiger partial charge in [0.05, 0.1) is 11.5 Å². The predicted molar refractivity (Wildman–Crippen MR) is 87.4 cm³/mol. The number of carbonyl (C=O) groups excluding carboxylic acids is 1. The molecule has 4 heteroatoms. The van der Waals surface area contributed by atoms with E-state index in [0.717, 1.165) is 36.1 Å². The zero-order chi connectivity index (χ0) is 15.6. The van der Waals surface area contributed by atoms with E-state index in [9.17, 15) is 9.18 Å². The summed E-state index contributed by atoms with van der Waals surface area (Å²) in [7, 11) is 0. The molecule has 0 saturated heterocycles. The minimum absolute atomic E-state index is 0.00502. The maximum absolute atomic E-state index is 13.2. The highest BCUT2D eigenvalue weighted by atomic mass is 32.1. The van der Waals surface area contributed by atoms with Crippen LogP contribution >= 0.6 is 11.3 Å². The van der Waals surface area contributed by atoms with Gasteiger partial charge in [-0.05, 0) is 48.9 Å². The van der Waals surface area contributed by atoms with Crippen LogP contribution in [0.1, 0.15) is 49.1 Å². The molecule has 116 valence electrons. The fourth-order valence-electron chi connectivity index (χ4n) is 3.34. The molecule has 0 spiro atoms. The molecule has 1 aromatic heterocycles. The predicted octanol–water partition coefficient (Wildman–Crippen LogP) is 4.58. The second-order valence-corrected chi connectivity index (χ2v) is 6.99. The molecule has 1 aromatic carbocycles. The van der Waals surface area contributed by atoms with Crippen molar-refractivity contribution >= 4 is 17.2 Å². The first kappa shape index (κ1) is 15.2. The SMILES string of the molecule is CC(NC(=O)C1(c2ccc(F)cc2)CCCC1)c1cccs1. The van der Waals surface area contributed by atoms with E-state index in [-0.39, 0.29) is 17.8 Å². The van der Waals surface area contributed by atoms with Gasteiger partial charge in [0.1, 0.15) is 5.82 Å². The standard InChI is InChI=1S/C18H20FNOS/c1-13(16-5-4-12-22-16)20-17(21)18(10-2-3-11-18)14-6-8-15(19)9-7-14/h4-9,12-13H,2-3,10-11H2,1H3,(H,20,21). The van der Waals surface area contributed by atoms with Gasteiger partial charge in [0.25, 0.3) is 0 Å². The third-order valence-electron chi connectivity index (χ3n) is 4.61. The van der Waals surface area contributed by atoms with Gasteiger partial charge >= 0.3 is 0 Å². The molecule has 1 saturated carbocycles. The summed E-state index contributed by atoms with van der Waals surface area (Å²) >= 11 is 1.65. The van der Waals surface area contributed by atoms with E-state index in [1.165, 1.54) is 12.1 Å². The number of amides is 1. The highest BCUT2D eigenvalue weighted by Crippen LogP contribution is 2.42. The molecule has 1 amide bonds. The normalized spacial score (nSPS) is 18.1. The second kappa shape index (κ2) is 6.21. The van der Waals surface area contributed by atoms with Gasteiger partial charge in [0, 0.05) is 4.88 Å². The molecule has 0 bridgehead atoms. The Morgan fingerprint density at radius 3 is 2.50 bits per heavy atom. The van der Waals surface area contributed by atoms with Crippen LogP contribution in [0.25, 0.3) is 0 Å². The number of hydrogen-bond acceptors (Lipinski definition) is 2. The quantitative estimate of drug-likeness (QED) is 0.879. The number of halogens is 1. The maximum Gasteiger partial charge on any atom is 0.231 e. The molecule has 1 unspecified atom stereocenters. The van der Waals surface area contributed by atoms with Crippen LogP contribution in [0, 0.1) is 5.82 Å². The van der Waals surface area contributed by atoms with Gasteiger partial charge in [-0.3, -0.25) is 4.79 Å². The molecule has 3 rings (SSSR count). The van der Waals surface area contributed by atoms with E-state index in [0.29, 0.717) is 0 Å². The van der Waals surface area contributed by atoms with E-state index in [4.69, 9.17) is 0 Å². The van der Waals surface area contributed by atoms with Crippen LogP contribution in [0.4, 0.5) is 4.39 Å². The average Bonchev–Trinajstić information content (AvgIpc) is 3.20. The lowest BCUT2D eigenvalue weighted by Gasteiger charge is -2.30. The van der Waals surface area contributed by atoms with Crippen molar-refractivity contribution in [3.05, 3.63) is 58.0 Å². The number of hydrogen-bond donors (Lipinski definition) is 1. The summed E-state index contributed by atoms with van der Waals surface area (Å²) in [6, 6.07) is 10.5. The van der Waals surface area contributed by atoms with Gasteiger partial charge in [-0.2, -0.15) is 0 Å². The van der Waals surface area contributed by atoms with Crippen LogP contribution in [0.15, 0.2) is 41.8 Å². The average molecular weight is 317 g/mol. The van der Waals surface area contributed by atoms with Crippen molar-refractivity contribution in [2.45, 2.75) is 44.1 Å². The van der Waals surface area contributed by atoms with Gasteiger partial charge in [-0.1, -0.05) is 31.0 Å². The first-order chi connectivity index (χ1) is 10.6. The van der Waals surface area contributed by atoms with Crippen molar-refractivity contribution in [1.82, 2.24) is 5.32 Å². The summed E-state index contributed by atoms with van der Waals surface area (Å²) in [6.07, 6.45) is 3.75. The molecule has 1 aliphatic carbocycles. The van der Waals surface area contributed by atoms with Crippen LogP contribution in [0.3, 0.4) is 0 Å². The molecule has 0 radical (unpaired) electrons. The summed E-state index contributed by atoms with van der Waals surface area (Å²) in [5.74, 6) is -0.193. The van der Waals surface area contributed by atoms with E-state index in [1.54, 1.807) is 23.5 Å². The zero-order valence-electron chi connectivity index (χ0n) is 12.6. The fraction of sp³-hybridized carbons (Fsp3) is 0.389. The molecule has 2 aromatic rings. The van der Waals surface area contributed by atoms with Gasteiger partial charge < -0.3 is 5.32 Å². The third kappa shape index (κ3) is 2.80. The molecule has 0 aliphatic heterocycles. The van der Waals surface area contributed by atoms with Crippen molar-refractivity contribution in [3.8, 4) is 0 Å². The molecule has 22 heavy (non-hydrogen) atoms. The number of nitrogens with one attached hydrogen (secondary N) is 1. The Morgan fingerprint density at radius 2 is 1.91 bits per heavy atom. The zero-order valence-corrected chi connectivity index (χ0v) is 13.5. The van der Waals surface area contributed by atoms with Gasteiger partial charge in [0.15, 0.2) is 0 Å². The van der Waals surface area contributed by atoms with Crippen molar-refractivity contribution in [2.75, 3.05) is 0 Å². The first-order valence-corrected chi connectivity index (χ1v) is 8.60. The summed E-state index contributed by atoms with van der Waals surface area (Å²) in [6.45, 7) is 2.01. The van der Waals surface area contributed by atoms with Gasteiger partial charge in [-0.15, -0.1) is 11.3 Å². The molecule has 1 N–H and O–H groups in total. The molecular weight excluding hydrogens is 297 g/mol. The number of rotatable bonds is 4. The lowest BCUT2D eigenvalue weighted by Crippen LogP contribution is -2.43. The molecule has 1 fully saturated rings. The Hall–Kier alpha value is -1.68.